The van der Waals surface area contributed by atoms with Gasteiger partial charge >= 0.3 is 0 Å². The predicted octanol–water partition coefficient (Wildman–Crippen LogP) is -0.193. The molecule has 7 nitrogen and oxygen atoms in total. The van der Waals surface area contributed by atoms with Crippen LogP contribution < -0.4 is 10.2 Å². The van der Waals surface area contributed by atoms with Gasteiger partial charge in [-0.2, -0.15) is 5.10 Å². The normalized spacial score (nSPS) is 19.7. The maximum Gasteiger partial charge on any atom is 0.275 e. The molecule has 1 aliphatic rings. The van der Waals surface area contributed by atoms with E-state index in [1.165, 1.54) is 0 Å². The summed E-state index contributed by atoms with van der Waals surface area (Å²) in [6.45, 7) is 5.00. The molecule has 2 N–H and O–H groups in total. The number of nitrogens with zero attached hydrogens (tertiary/aromatic N) is 2. The van der Waals surface area contributed by atoms with Crippen molar-refractivity contribution in [2.45, 2.75) is 32.9 Å². The van der Waals surface area contributed by atoms with E-state index in [1.807, 2.05) is 55.9 Å². The van der Waals surface area contributed by atoms with Crippen LogP contribution in [-0.2, 0) is 21.2 Å². The summed E-state index contributed by atoms with van der Waals surface area (Å²) in [6, 6.07) is 9.72. The molecule has 1 aromatic heterocycles. The molecule has 0 bridgehead atoms. The highest BCUT2D eigenvalue weighted by Crippen LogP contribution is 2.17. The molecule has 1 fully saturated rings. The zero-order chi connectivity index (χ0) is 19.6. The Bertz CT molecular complexity index is 922. The van der Waals surface area contributed by atoms with Crippen LogP contribution in [0.1, 0.15) is 23.4 Å². The molecule has 146 valence electrons. The number of hydrogen-bond donors (Lipinski definition) is 2. The van der Waals surface area contributed by atoms with Crippen LogP contribution in [0.5, 0.6) is 0 Å². The van der Waals surface area contributed by atoms with Gasteiger partial charge in [-0.25, -0.2) is 13.1 Å². The molecule has 0 spiro atoms. The second-order valence-corrected chi connectivity index (χ2v) is 9.60. The number of carbonyl (C=O) groups excluding carboxylic acids is 1. The van der Waals surface area contributed by atoms with Crippen molar-refractivity contribution in [2.75, 3.05) is 25.1 Å². The third-order valence-corrected chi connectivity index (χ3v) is 6.75. The molecule has 0 radical (unpaired) electrons. The largest absolute Gasteiger partial charge is 0.347 e. The molecule has 2 atom stereocenters. The fraction of sp³-hybridized carbons (Fsp3) is 0.474. The molecule has 2 heterocycles. The maximum absolute atomic E-state index is 12.3. The number of benzene rings is 1. The smallest absolute Gasteiger partial charge is 0.275 e. The summed E-state index contributed by atoms with van der Waals surface area (Å²) in [5, 5.41) is 7.50. The minimum atomic E-state index is -2.99. The number of amides is 1. The number of para-hydroxylation sites is 1. The molecule has 1 saturated heterocycles. The van der Waals surface area contributed by atoms with E-state index in [0.29, 0.717) is 19.5 Å². The van der Waals surface area contributed by atoms with Crippen molar-refractivity contribution in [3.05, 3.63) is 47.3 Å². The van der Waals surface area contributed by atoms with Gasteiger partial charge in [0.15, 0.2) is 16.4 Å². The molecular weight excluding hydrogens is 364 g/mol. The maximum atomic E-state index is 12.3. The van der Waals surface area contributed by atoms with Gasteiger partial charge in [0.1, 0.15) is 6.54 Å². The first-order valence-corrected chi connectivity index (χ1v) is 11.0. The van der Waals surface area contributed by atoms with Crippen LogP contribution >= 0.6 is 0 Å². The number of quaternary nitrogens is 1. The average Bonchev–Trinajstić information content (AvgIpc) is 3.08. The standard InChI is InChI=1S/C19H26N4O3S/c1-14-18(15(2)23(21-14)17-7-5-4-6-8-17)11-22(3)12-19(24)20-16-9-10-27(25,26)13-16/h4-8,16H,9-13H2,1-3H3,(H,20,24)/p+1/t16-/m0/s1. The van der Waals surface area contributed by atoms with Crippen LogP contribution in [0.3, 0.4) is 0 Å². The molecular formula is C19H27N4O3S+. The number of sulfone groups is 1. The predicted molar refractivity (Wildman–Crippen MR) is 104 cm³/mol. The summed E-state index contributed by atoms with van der Waals surface area (Å²) in [7, 11) is -1.02. The minimum Gasteiger partial charge on any atom is -0.347 e. The van der Waals surface area contributed by atoms with Crippen LogP contribution in [0, 0.1) is 13.8 Å². The number of carbonyl (C=O) groups is 1. The third-order valence-electron chi connectivity index (χ3n) is 4.98. The van der Waals surface area contributed by atoms with Gasteiger partial charge in [-0.05, 0) is 32.4 Å². The molecule has 8 heteroatoms. The molecule has 27 heavy (non-hydrogen) atoms. The number of nitrogens with one attached hydrogen (secondary N) is 2. The van der Waals surface area contributed by atoms with Crippen LogP contribution in [0.2, 0.25) is 0 Å². The summed E-state index contributed by atoms with van der Waals surface area (Å²) in [5.41, 5.74) is 4.17. The van der Waals surface area contributed by atoms with E-state index in [2.05, 4.69) is 10.4 Å². The van der Waals surface area contributed by atoms with Crippen molar-refractivity contribution < 1.29 is 18.1 Å². The summed E-state index contributed by atoms with van der Waals surface area (Å²) >= 11 is 0. The summed E-state index contributed by atoms with van der Waals surface area (Å²) < 4.78 is 25.0. The molecule has 1 amide bonds. The van der Waals surface area contributed by atoms with Crippen molar-refractivity contribution >= 4 is 15.7 Å². The zero-order valence-corrected chi connectivity index (χ0v) is 16.8. The van der Waals surface area contributed by atoms with E-state index in [9.17, 15) is 13.2 Å². The number of rotatable bonds is 6. The fourth-order valence-electron chi connectivity index (χ4n) is 3.58. The molecule has 3 rings (SSSR count). The Balaban J connectivity index is 1.62. The minimum absolute atomic E-state index is 0.0554. The monoisotopic (exact) mass is 391 g/mol. The Morgan fingerprint density at radius 2 is 2.00 bits per heavy atom. The Morgan fingerprint density at radius 3 is 2.63 bits per heavy atom. The first-order valence-electron chi connectivity index (χ1n) is 9.17. The van der Waals surface area contributed by atoms with Crippen molar-refractivity contribution in [1.82, 2.24) is 15.1 Å². The van der Waals surface area contributed by atoms with E-state index in [-0.39, 0.29) is 23.5 Å². The SMILES string of the molecule is Cc1nn(-c2ccccc2)c(C)c1C[NH+](C)CC(=O)N[C@H]1CCS(=O)(=O)C1. The topological polar surface area (TPSA) is 85.5 Å². The van der Waals surface area contributed by atoms with E-state index < -0.39 is 9.84 Å². The summed E-state index contributed by atoms with van der Waals surface area (Å²) in [6.07, 6.45) is 0.509. The average molecular weight is 392 g/mol. The van der Waals surface area contributed by atoms with Crippen LogP contribution in [0.25, 0.3) is 5.69 Å². The number of likely N-dealkylation sites (N-methyl/N-ethyl adjacent to an activating group) is 1. The van der Waals surface area contributed by atoms with Gasteiger partial charge in [-0.1, -0.05) is 18.2 Å². The molecule has 0 aliphatic carbocycles. The fourth-order valence-corrected chi connectivity index (χ4v) is 5.25. The Kier molecular flexibility index (Phi) is 5.67. The van der Waals surface area contributed by atoms with E-state index in [1.54, 1.807) is 0 Å². The molecule has 1 unspecified atom stereocenters. The lowest BCUT2D eigenvalue weighted by atomic mass is 10.2. The van der Waals surface area contributed by atoms with Gasteiger partial charge in [0.25, 0.3) is 5.91 Å². The highest BCUT2D eigenvalue weighted by molar-refractivity contribution is 7.91. The first kappa shape index (κ1) is 19.6. The zero-order valence-electron chi connectivity index (χ0n) is 16.0. The van der Waals surface area contributed by atoms with Crippen molar-refractivity contribution in [1.29, 1.82) is 0 Å². The lowest BCUT2D eigenvalue weighted by Gasteiger charge is -2.16. The Morgan fingerprint density at radius 1 is 1.30 bits per heavy atom. The van der Waals surface area contributed by atoms with Crippen LogP contribution in [-0.4, -0.2) is 55.2 Å². The highest BCUT2D eigenvalue weighted by Gasteiger charge is 2.29. The second-order valence-electron chi connectivity index (χ2n) is 7.37. The Hall–Kier alpha value is -2.19. The number of aryl methyl sites for hydroxylation is 1. The van der Waals surface area contributed by atoms with Crippen LogP contribution in [0.15, 0.2) is 30.3 Å². The Labute approximate surface area is 160 Å². The van der Waals surface area contributed by atoms with Gasteiger partial charge in [0.2, 0.25) is 0 Å². The molecule has 1 aromatic carbocycles. The summed E-state index contributed by atoms with van der Waals surface area (Å²) in [5.74, 6) is 0.109. The lowest BCUT2D eigenvalue weighted by Crippen LogP contribution is -3.09. The van der Waals surface area contributed by atoms with Gasteiger partial charge in [-0.15, -0.1) is 0 Å². The third kappa shape index (κ3) is 4.75. The quantitative estimate of drug-likeness (QED) is 0.715. The van der Waals surface area contributed by atoms with E-state index in [0.717, 1.165) is 27.5 Å². The van der Waals surface area contributed by atoms with Crippen LogP contribution in [0.4, 0.5) is 0 Å². The van der Waals surface area contributed by atoms with E-state index in [4.69, 9.17) is 0 Å². The summed E-state index contributed by atoms with van der Waals surface area (Å²) in [4.78, 5) is 13.3. The first-order chi connectivity index (χ1) is 12.7. The molecule has 1 aliphatic heterocycles. The number of aromatic nitrogens is 2. The number of hydrogen-bond acceptors (Lipinski definition) is 4. The van der Waals surface area contributed by atoms with Crippen molar-refractivity contribution in [3.63, 3.8) is 0 Å². The highest BCUT2D eigenvalue weighted by atomic mass is 32.2. The second kappa shape index (κ2) is 7.82. The van der Waals surface area contributed by atoms with E-state index >= 15 is 0 Å². The molecule has 2 aromatic rings. The van der Waals surface area contributed by atoms with Crippen molar-refractivity contribution in [3.8, 4) is 5.69 Å². The van der Waals surface area contributed by atoms with Crippen molar-refractivity contribution in [2.24, 2.45) is 0 Å². The molecule has 0 saturated carbocycles. The van der Waals surface area contributed by atoms with Gasteiger partial charge in [0, 0.05) is 6.04 Å². The van der Waals surface area contributed by atoms with Gasteiger partial charge in [-0.3, -0.25) is 4.79 Å². The van der Waals surface area contributed by atoms with Gasteiger partial charge < -0.3 is 10.2 Å². The van der Waals surface area contributed by atoms with Gasteiger partial charge in [0.05, 0.1) is 41.2 Å². The lowest BCUT2D eigenvalue weighted by molar-refractivity contribution is -0.885.